The fourth-order valence-corrected chi connectivity index (χ4v) is 1.82. The fourth-order valence-electron chi connectivity index (χ4n) is 1.33. The Kier molecular flexibility index (Phi) is 5.03. The van der Waals surface area contributed by atoms with Crippen LogP contribution in [0.5, 0.6) is 5.75 Å². The highest BCUT2D eigenvalue weighted by molar-refractivity contribution is 6.37. The lowest BCUT2D eigenvalue weighted by Crippen LogP contribution is -2.29. The van der Waals surface area contributed by atoms with E-state index in [1.165, 1.54) is 26.0 Å². The van der Waals surface area contributed by atoms with Crippen molar-refractivity contribution in [1.82, 2.24) is 0 Å². The van der Waals surface area contributed by atoms with Crippen LogP contribution >= 0.6 is 23.2 Å². The molecule has 1 aromatic carbocycles. The van der Waals surface area contributed by atoms with E-state index >= 15 is 0 Å². The lowest BCUT2D eigenvalue weighted by atomic mass is 9.95. The molecule has 0 aromatic heterocycles. The standard InChI is InChI=1S/C12H13Cl2NO4/c1-5(6(2)12(18)19)11(17)15-7-3-8(13)10(16)9(14)4-7/h3-6,16H,1-2H3,(H,15,17)(H,18,19). The molecule has 0 bridgehead atoms. The quantitative estimate of drug-likeness (QED) is 0.746. The summed E-state index contributed by atoms with van der Waals surface area (Å²) in [6, 6.07) is 2.66. The minimum atomic E-state index is -1.05. The lowest BCUT2D eigenvalue weighted by Gasteiger charge is -2.16. The van der Waals surface area contributed by atoms with Gasteiger partial charge in [0.1, 0.15) is 0 Å². The summed E-state index contributed by atoms with van der Waals surface area (Å²) in [6.07, 6.45) is 0. The zero-order valence-electron chi connectivity index (χ0n) is 10.3. The number of phenols is 1. The molecule has 0 spiro atoms. The zero-order chi connectivity index (χ0) is 14.7. The van der Waals surface area contributed by atoms with Crippen molar-refractivity contribution in [3.05, 3.63) is 22.2 Å². The summed E-state index contributed by atoms with van der Waals surface area (Å²) < 4.78 is 0. The predicted molar refractivity (Wildman–Crippen MR) is 72.7 cm³/mol. The first-order valence-electron chi connectivity index (χ1n) is 5.45. The number of hydrogen-bond acceptors (Lipinski definition) is 3. The maximum absolute atomic E-state index is 11.8. The Bertz CT molecular complexity index is 495. The molecule has 0 aliphatic heterocycles. The number of carbonyl (C=O) groups excluding carboxylic acids is 1. The number of carboxylic acid groups (broad SMARTS) is 1. The maximum Gasteiger partial charge on any atom is 0.307 e. The van der Waals surface area contributed by atoms with Gasteiger partial charge in [0, 0.05) is 11.6 Å². The number of halogens is 2. The minimum absolute atomic E-state index is 0.00161. The van der Waals surface area contributed by atoms with Crippen molar-refractivity contribution < 1.29 is 19.8 Å². The van der Waals surface area contributed by atoms with Crippen molar-refractivity contribution in [3.63, 3.8) is 0 Å². The minimum Gasteiger partial charge on any atom is -0.505 e. The number of nitrogens with one attached hydrogen (secondary N) is 1. The van der Waals surface area contributed by atoms with E-state index in [0.717, 1.165) is 0 Å². The van der Waals surface area contributed by atoms with Gasteiger partial charge in [-0.2, -0.15) is 0 Å². The summed E-state index contributed by atoms with van der Waals surface area (Å²) in [7, 11) is 0. The molecular formula is C12H13Cl2NO4. The second-order valence-electron chi connectivity index (χ2n) is 4.19. The number of anilines is 1. The first kappa shape index (κ1) is 15.6. The second-order valence-corrected chi connectivity index (χ2v) is 5.01. The number of aliphatic carboxylic acids is 1. The van der Waals surface area contributed by atoms with Gasteiger partial charge in [-0.05, 0) is 12.1 Å². The molecule has 0 radical (unpaired) electrons. The van der Waals surface area contributed by atoms with Gasteiger partial charge in [0.05, 0.1) is 16.0 Å². The van der Waals surface area contributed by atoms with Gasteiger partial charge in [-0.15, -0.1) is 0 Å². The molecule has 104 valence electrons. The Morgan fingerprint density at radius 2 is 1.63 bits per heavy atom. The third-order valence-electron chi connectivity index (χ3n) is 2.84. The SMILES string of the molecule is CC(C(=O)O)C(C)C(=O)Nc1cc(Cl)c(O)c(Cl)c1. The van der Waals surface area contributed by atoms with Gasteiger partial charge >= 0.3 is 5.97 Å². The normalized spacial score (nSPS) is 13.7. The van der Waals surface area contributed by atoms with Crippen molar-refractivity contribution in [1.29, 1.82) is 0 Å². The van der Waals surface area contributed by atoms with Crippen LogP contribution in [0.25, 0.3) is 0 Å². The van der Waals surface area contributed by atoms with Gasteiger partial charge in [0.2, 0.25) is 5.91 Å². The second kappa shape index (κ2) is 6.12. The van der Waals surface area contributed by atoms with Crippen LogP contribution in [0.4, 0.5) is 5.69 Å². The van der Waals surface area contributed by atoms with Crippen molar-refractivity contribution in [3.8, 4) is 5.75 Å². The van der Waals surface area contributed by atoms with Crippen LogP contribution in [0.2, 0.25) is 10.0 Å². The Labute approximate surface area is 120 Å². The molecule has 1 amide bonds. The van der Waals surface area contributed by atoms with Crippen molar-refractivity contribution in [2.24, 2.45) is 11.8 Å². The third-order valence-corrected chi connectivity index (χ3v) is 3.41. The fraction of sp³-hybridized carbons (Fsp3) is 0.333. The van der Waals surface area contributed by atoms with E-state index in [4.69, 9.17) is 28.3 Å². The van der Waals surface area contributed by atoms with Crippen LogP contribution < -0.4 is 5.32 Å². The topological polar surface area (TPSA) is 86.6 Å². The average molecular weight is 306 g/mol. The maximum atomic E-state index is 11.8. The molecule has 19 heavy (non-hydrogen) atoms. The Morgan fingerprint density at radius 1 is 1.16 bits per heavy atom. The summed E-state index contributed by atoms with van der Waals surface area (Å²) in [4.78, 5) is 22.6. The Morgan fingerprint density at radius 3 is 2.05 bits per heavy atom. The van der Waals surface area contributed by atoms with Crippen LogP contribution in [-0.2, 0) is 9.59 Å². The molecule has 0 aliphatic carbocycles. The Hall–Kier alpha value is -1.46. The molecule has 2 unspecified atom stereocenters. The molecule has 0 saturated heterocycles. The number of amides is 1. The molecule has 0 fully saturated rings. The van der Waals surface area contributed by atoms with Gasteiger partial charge in [0.15, 0.2) is 5.75 Å². The number of phenolic OH excluding ortho intramolecular Hbond substituents is 1. The molecule has 0 aliphatic rings. The highest BCUT2D eigenvalue weighted by atomic mass is 35.5. The number of carbonyl (C=O) groups is 2. The highest BCUT2D eigenvalue weighted by Crippen LogP contribution is 2.34. The molecule has 3 N–H and O–H groups in total. The van der Waals surface area contributed by atoms with E-state index in [1.807, 2.05) is 0 Å². The largest absolute Gasteiger partial charge is 0.505 e. The Balaban J connectivity index is 2.86. The van der Waals surface area contributed by atoms with Gasteiger partial charge in [-0.25, -0.2) is 0 Å². The van der Waals surface area contributed by atoms with Crippen LogP contribution in [0.15, 0.2) is 12.1 Å². The van der Waals surface area contributed by atoms with Crippen molar-refractivity contribution in [2.75, 3.05) is 5.32 Å². The molecule has 2 atom stereocenters. The van der Waals surface area contributed by atoms with E-state index in [2.05, 4.69) is 5.32 Å². The van der Waals surface area contributed by atoms with Gasteiger partial charge in [-0.3, -0.25) is 9.59 Å². The molecule has 1 rings (SSSR count). The first-order valence-corrected chi connectivity index (χ1v) is 6.21. The van der Waals surface area contributed by atoms with E-state index in [0.29, 0.717) is 5.69 Å². The summed E-state index contributed by atoms with van der Waals surface area (Å²) in [5.74, 6) is -3.32. The zero-order valence-corrected chi connectivity index (χ0v) is 11.8. The van der Waals surface area contributed by atoms with Crippen LogP contribution in [-0.4, -0.2) is 22.1 Å². The number of hydrogen-bond donors (Lipinski definition) is 3. The van der Waals surface area contributed by atoms with Gasteiger partial charge in [-0.1, -0.05) is 37.0 Å². The average Bonchev–Trinajstić information content (AvgIpc) is 2.33. The lowest BCUT2D eigenvalue weighted by molar-refractivity contribution is -0.145. The predicted octanol–water partition coefficient (Wildman–Crippen LogP) is 2.99. The number of benzene rings is 1. The smallest absolute Gasteiger partial charge is 0.307 e. The number of carboxylic acids is 1. The van der Waals surface area contributed by atoms with Gasteiger partial charge in [0.25, 0.3) is 0 Å². The van der Waals surface area contributed by atoms with Crippen molar-refractivity contribution >= 4 is 40.8 Å². The highest BCUT2D eigenvalue weighted by Gasteiger charge is 2.26. The summed E-state index contributed by atoms with van der Waals surface area (Å²) in [6.45, 7) is 2.96. The summed E-state index contributed by atoms with van der Waals surface area (Å²) in [5.41, 5.74) is 0.294. The van der Waals surface area contributed by atoms with E-state index < -0.39 is 23.7 Å². The summed E-state index contributed by atoms with van der Waals surface area (Å²) in [5, 5.41) is 20.7. The van der Waals surface area contributed by atoms with E-state index in [-0.39, 0.29) is 15.8 Å². The molecular weight excluding hydrogens is 293 g/mol. The van der Waals surface area contributed by atoms with E-state index in [9.17, 15) is 14.7 Å². The van der Waals surface area contributed by atoms with E-state index in [1.54, 1.807) is 0 Å². The molecule has 0 saturated carbocycles. The number of rotatable bonds is 4. The molecule has 0 heterocycles. The molecule has 5 nitrogen and oxygen atoms in total. The summed E-state index contributed by atoms with van der Waals surface area (Å²) >= 11 is 11.4. The first-order chi connectivity index (χ1) is 8.73. The third kappa shape index (κ3) is 3.75. The van der Waals surface area contributed by atoms with Crippen LogP contribution in [0.1, 0.15) is 13.8 Å². The van der Waals surface area contributed by atoms with Crippen LogP contribution in [0, 0.1) is 11.8 Å². The number of aromatic hydroxyl groups is 1. The molecule has 1 aromatic rings. The van der Waals surface area contributed by atoms with Crippen LogP contribution in [0.3, 0.4) is 0 Å². The van der Waals surface area contributed by atoms with Gasteiger partial charge < -0.3 is 15.5 Å². The molecule has 7 heteroatoms. The monoisotopic (exact) mass is 305 g/mol. The van der Waals surface area contributed by atoms with Crippen molar-refractivity contribution in [2.45, 2.75) is 13.8 Å².